The number of ether oxygens (including phenoxy) is 1. The minimum atomic E-state index is -1.16. The lowest BCUT2D eigenvalue weighted by Crippen LogP contribution is -2.00. The van der Waals surface area contributed by atoms with E-state index in [-0.39, 0.29) is 17.9 Å². The Morgan fingerprint density at radius 1 is 1.41 bits per heavy atom. The smallest absolute Gasteiger partial charge is 0.335 e. The van der Waals surface area contributed by atoms with E-state index in [9.17, 15) is 9.18 Å². The fraction of sp³-hybridized carbons (Fsp3) is 0.0833. The number of aromatic carboxylic acids is 1. The predicted octanol–water partition coefficient (Wildman–Crippen LogP) is 3.16. The fourth-order valence-electron chi connectivity index (χ4n) is 1.29. The molecule has 0 saturated carbocycles. The molecule has 0 aliphatic rings. The molecule has 0 bridgehead atoms. The number of carboxylic acids is 1. The van der Waals surface area contributed by atoms with Crippen LogP contribution in [0.3, 0.4) is 0 Å². The highest BCUT2D eigenvalue weighted by Gasteiger charge is 2.09. The van der Waals surface area contributed by atoms with E-state index in [1.165, 1.54) is 23.5 Å². The van der Waals surface area contributed by atoms with Crippen LogP contribution in [0.25, 0.3) is 0 Å². The number of benzene rings is 1. The van der Waals surface area contributed by atoms with Gasteiger partial charge in [0.1, 0.15) is 6.61 Å². The largest absolute Gasteiger partial charge is 0.485 e. The monoisotopic (exact) mass is 252 g/mol. The second-order valence-corrected chi connectivity index (χ2v) is 4.35. The van der Waals surface area contributed by atoms with Crippen LogP contribution in [0.5, 0.6) is 5.75 Å². The standard InChI is InChI=1S/C12H9FO3S/c13-10-6-8(12(14)15)3-4-11(10)16-7-9-2-1-5-17-9/h1-6H,7H2,(H,14,15). The maximum Gasteiger partial charge on any atom is 0.335 e. The number of thiophene rings is 1. The molecule has 1 heterocycles. The minimum Gasteiger partial charge on any atom is -0.485 e. The first kappa shape index (κ1) is 11.6. The summed E-state index contributed by atoms with van der Waals surface area (Å²) in [5, 5.41) is 10.6. The molecule has 2 rings (SSSR count). The summed E-state index contributed by atoms with van der Waals surface area (Å²) in [5.41, 5.74) is -0.0917. The Morgan fingerprint density at radius 3 is 2.82 bits per heavy atom. The van der Waals surface area contributed by atoms with Crippen LogP contribution >= 0.6 is 11.3 Å². The molecule has 1 aromatic heterocycles. The summed E-state index contributed by atoms with van der Waals surface area (Å²) in [5.74, 6) is -1.77. The van der Waals surface area contributed by atoms with Crippen LogP contribution in [-0.4, -0.2) is 11.1 Å². The molecule has 2 aromatic rings. The molecular weight excluding hydrogens is 243 g/mol. The van der Waals surface area contributed by atoms with Crippen LogP contribution in [0.15, 0.2) is 35.7 Å². The number of hydrogen-bond acceptors (Lipinski definition) is 3. The summed E-state index contributed by atoms with van der Waals surface area (Å²) in [6, 6.07) is 7.36. The van der Waals surface area contributed by atoms with Gasteiger partial charge in [0.2, 0.25) is 0 Å². The zero-order chi connectivity index (χ0) is 12.3. The molecule has 0 radical (unpaired) electrons. The Bertz CT molecular complexity index is 523. The second-order valence-electron chi connectivity index (χ2n) is 3.32. The number of carboxylic acid groups (broad SMARTS) is 1. The van der Waals surface area contributed by atoms with Crippen molar-refractivity contribution in [2.75, 3.05) is 0 Å². The van der Waals surface area contributed by atoms with Crippen molar-refractivity contribution in [3.8, 4) is 5.75 Å². The molecule has 0 amide bonds. The minimum absolute atomic E-state index is 0.0587. The van der Waals surface area contributed by atoms with Crippen LogP contribution in [0.4, 0.5) is 4.39 Å². The van der Waals surface area contributed by atoms with E-state index in [1.807, 2.05) is 17.5 Å². The normalized spacial score (nSPS) is 10.2. The molecule has 3 nitrogen and oxygen atoms in total. The molecule has 5 heteroatoms. The maximum atomic E-state index is 13.5. The van der Waals surface area contributed by atoms with Gasteiger partial charge in [0.25, 0.3) is 0 Å². The van der Waals surface area contributed by atoms with Crippen molar-refractivity contribution in [2.24, 2.45) is 0 Å². The fourth-order valence-corrected chi connectivity index (χ4v) is 1.91. The van der Waals surface area contributed by atoms with E-state index in [4.69, 9.17) is 9.84 Å². The maximum absolute atomic E-state index is 13.5. The lowest BCUT2D eigenvalue weighted by atomic mass is 10.2. The third kappa shape index (κ3) is 2.82. The molecule has 0 fully saturated rings. The molecule has 0 spiro atoms. The van der Waals surface area contributed by atoms with Gasteiger partial charge in [-0.25, -0.2) is 9.18 Å². The Balaban J connectivity index is 2.09. The summed E-state index contributed by atoms with van der Waals surface area (Å²) in [6.45, 7) is 0.279. The van der Waals surface area contributed by atoms with Gasteiger partial charge < -0.3 is 9.84 Å². The van der Waals surface area contributed by atoms with Gasteiger partial charge in [-0.05, 0) is 29.6 Å². The second kappa shape index (κ2) is 4.97. The molecule has 0 saturated heterocycles. The summed E-state index contributed by atoms with van der Waals surface area (Å²) < 4.78 is 18.7. The Labute approximate surface area is 101 Å². The topological polar surface area (TPSA) is 46.5 Å². The lowest BCUT2D eigenvalue weighted by Gasteiger charge is -2.06. The number of hydrogen-bond donors (Lipinski definition) is 1. The lowest BCUT2D eigenvalue weighted by molar-refractivity contribution is 0.0696. The van der Waals surface area contributed by atoms with Crippen molar-refractivity contribution < 1.29 is 19.0 Å². The highest BCUT2D eigenvalue weighted by atomic mass is 32.1. The average molecular weight is 252 g/mol. The SMILES string of the molecule is O=C(O)c1ccc(OCc2cccs2)c(F)c1. The Morgan fingerprint density at radius 2 is 2.24 bits per heavy atom. The summed E-state index contributed by atoms with van der Waals surface area (Å²) in [4.78, 5) is 11.6. The zero-order valence-electron chi connectivity index (χ0n) is 8.72. The van der Waals surface area contributed by atoms with Crippen LogP contribution in [-0.2, 0) is 6.61 Å². The first-order valence-corrected chi connectivity index (χ1v) is 5.73. The quantitative estimate of drug-likeness (QED) is 0.909. The van der Waals surface area contributed by atoms with Crippen molar-refractivity contribution in [3.63, 3.8) is 0 Å². The summed E-state index contributed by atoms with van der Waals surface area (Å²) in [6.07, 6.45) is 0. The predicted molar refractivity (Wildman–Crippen MR) is 62.0 cm³/mol. The van der Waals surface area contributed by atoms with Crippen LogP contribution in [0, 0.1) is 5.82 Å². The van der Waals surface area contributed by atoms with Crippen LogP contribution in [0.2, 0.25) is 0 Å². The number of rotatable bonds is 4. The molecule has 0 unspecified atom stereocenters. The first-order valence-electron chi connectivity index (χ1n) is 4.85. The third-order valence-electron chi connectivity index (χ3n) is 2.13. The van der Waals surface area contributed by atoms with Crippen molar-refractivity contribution in [1.82, 2.24) is 0 Å². The molecule has 17 heavy (non-hydrogen) atoms. The highest BCUT2D eigenvalue weighted by molar-refractivity contribution is 7.09. The van der Waals surface area contributed by atoms with Crippen molar-refractivity contribution in [3.05, 3.63) is 52.0 Å². The van der Waals surface area contributed by atoms with Gasteiger partial charge in [-0.3, -0.25) is 0 Å². The van der Waals surface area contributed by atoms with Crippen molar-refractivity contribution in [2.45, 2.75) is 6.61 Å². The van der Waals surface area contributed by atoms with Gasteiger partial charge in [-0.2, -0.15) is 0 Å². The van der Waals surface area contributed by atoms with E-state index < -0.39 is 11.8 Å². The highest BCUT2D eigenvalue weighted by Crippen LogP contribution is 2.20. The molecule has 0 atom stereocenters. The van der Waals surface area contributed by atoms with E-state index in [0.717, 1.165) is 10.9 Å². The number of carbonyl (C=O) groups is 1. The summed E-state index contributed by atoms with van der Waals surface area (Å²) >= 11 is 1.51. The first-order chi connectivity index (χ1) is 8.16. The third-order valence-corrected chi connectivity index (χ3v) is 2.98. The Hall–Kier alpha value is -1.88. The van der Waals surface area contributed by atoms with E-state index in [1.54, 1.807) is 0 Å². The molecule has 1 aromatic carbocycles. The molecule has 88 valence electrons. The van der Waals surface area contributed by atoms with Gasteiger partial charge in [0.15, 0.2) is 11.6 Å². The summed E-state index contributed by atoms with van der Waals surface area (Å²) in [7, 11) is 0. The van der Waals surface area contributed by atoms with Gasteiger partial charge in [0.05, 0.1) is 5.56 Å². The van der Waals surface area contributed by atoms with Gasteiger partial charge >= 0.3 is 5.97 Å². The van der Waals surface area contributed by atoms with Crippen molar-refractivity contribution >= 4 is 17.3 Å². The molecule has 0 aliphatic carbocycles. The molecule has 0 aliphatic heterocycles. The van der Waals surface area contributed by atoms with E-state index in [2.05, 4.69) is 0 Å². The average Bonchev–Trinajstić information content (AvgIpc) is 2.80. The zero-order valence-corrected chi connectivity index (χ0v) is 9.54. The number of halogens is 1. The molecule has 1 N–H and O–H groups in total. The van der Waals surface area contributed by atoms with Gasteiger partial charge in [-0.1, -0.05) is 6.07 Å². The van der Waals surface area contributed by atoms with Crippen molar-refractivity contribution in [1.29, 1.82) is 0 Å². The van der Waals surface area contributed by atoms with Gasteiger partial charge in [0, 0.05) is 4.88 Å². The Kier molecular flexibility index (Phi) is 3.39. The van der Waals surface area contributed by atoms with Crippen LogP contribution in [0.1, 0.15) is 15.2 Å². The van der Waals surface area contributed by atoms with Crippen LogP contribution < -0.4 is 4.74 Å². The van der Waals surface area contributed by atoms with E-state index >= 15 is 0 Å². The van der Waals surface area contributed by atoms with E-state index in [0.29, 0.717) is 0 Å². The van der Waals surface area contributed by atoms with Gasteiger partial charge in [-0.15, -0.1) is 11.3 Å². The molecular formula is C12H9FO3S.